The van der Waals surface area contributed by atoms with Crippen molar-refractivity contribution >= 4 is 27.3 Å². The average Bonchev–Trinajstić information content (AvgIpc) is 2.77. The predicted molar refractivity (Wildman–Crippen MR) is 107 cm³/mol. The molecule has 2 aromatic rings. The van der Waals surface area contributed by atoms with Crippen LogP contribution in [-0.4, -0.2) is 66.2 Å². The second kappa shape index (κ2) is 9.06. The molecular weight excluding hydrogens is 432 g/mol. The van der Waals surface area contributed by atoms with Gasteiger partial charge in [0, 0.05) is 44.4 Å². The number of hydrogen-bond acceptors (Lipinski definition) is 8. The number of nitro benzene ring substituents is 2. The lowest BCUT2D eigenvalue weighted by Crippen LogP contribution is -2.51. The number of ether oxygens (including phenoxy) is 1. The Morgan fingerprint density at radius 2 is 1.52 bits per heavy atom. The van der Waals surface area contributed by atoms with Gasteiger partial charge in [0.15, 0.2) is 6.61 Å². The Morgan fingerprint density at radius 3 is 2.13 bits per heavy atom. The summed E-state index contributed by atoms with van der Waals surface area (Å²) in [5, 5.41) is 21.7. The summed E-state index contributed by atoms with van der Waals surface area (Å²) in [7, 11) is -3.94. The van der Waals surface area contributed by atoms with Gasteiger partial charge < -0.3 is 9.64 Å². The van der Waals surface area contributed by atoms with Crippen molar-refractivity contribution in [1.29, 1.82) is 0 Å². The van der Waals surface area contributed by atoms with Gasteiger partial charge in [0.05, 0.1) is 20.8 Å². The molecule has 2 aromatic carbocycles. The molecule has 0 aromatic heterocycles. The molecule has 0 aliphatic carbocycles. The van der Waals surface area contributed by atoms with Crippen LogP contribution in [0.4, 0.5) is 11.4 Å². The maximum Gasteiger partial charge on any atom is 0.273 e. The first-order valence-corrected chi connectivity index (χ1v) is 10.5. The number of non-ortho nitro benzene ring substituents is 2. The number of carbonyl (C=O) groups excluding carboxylic acids is 1. The third-order valence-corrected chi connectivity index (χ3v) is 6.54. The zero-order chi connectivity index (χ0) is 22.6. The van der Waals surface area contributed by atoms with Crippen molar-refractivity contribution in [2.24, 2.45) is 0 Å². The molecule has 0 bridgehead atoms. The van der Waals surface area contributed by atoms with E-state index in [1.54, 1.807) is 0 Å². The highest BCUT2D eigenvalue weighted by molar-refractivity contribution is 7.89. The van der Waals surface area contributed by atoms with Crippen LogP contribution >= 0.6 is 0 Å². The lowest BCUT2D eigenvalue weighted by atomic mass is 10.3. The van der Waals surface area contributed by atoms with Crippen LogP contribution in [0.3, 0.4) is 0 Å². The lowest BCUT2D eigenvalue weighted by molar-refractivity contribution is -0.385. The highest BCUT2D eigenvalue weighted by atomic mass is 32.2. The van der Waals surface area contributed by atoms with E-state index >= 15 is 0 Å². The molecular formula is C18H18N4O8S. The summed E-state index contributed by atoms with van der Waals surface area (Å²) >= 11 is 0. The molecule has 1 heterocycles. The number of amides is 1. The summed E-state index contributed by atoms with van der Waals surface area (Å²) in [6.45, 7) is -0.0729. The Hall–Kier alpha value is -3.58. The van der Waals surface area contributed by atoms with Crippen molar-refractivity contribution in [2.75, 3.05) is 32.8 Å². The van der Waals surface area contributed by atoms with Crippen LogP contribution in [0.1, 0.15) is 0 Å². The number of hydrogen-bond donors (Lipinski definition) is 0. The highest BCUT2D eigenvalue weighted by Gasteiger charge is 2.31. The number of piperazine rings is 1. The maximum absolute atomic E-state index is 12.8. The quantitative estimate of drug-likeness (QED) is 0.453. The van der Waals surface area contributed by atoms with E-state index in [1.807, 2.05) is 0 Å². The van der Waals surface area contributed by atoms with Gasteiger partial charge in [0.2, 0.25) is 10.0 Å². The van der Waals surface area contributed by atoms with Gasteiger partial charge >= 0.3 is 0 Å². The Labute approximate surface area is 177 Å². The molecule has 1 amide bonds. The van der Waals surface area contributed by atoms with Crippen molar-refractivity contribution in [1.82, 2.24) is 9.21 Å². The molecule has 164 valence electrons. The third-order valence-electron chi connectivity index (χ3n) is 4.65. The van der Waals surface area contributed by atoms with Gasteiger partial charge in [-0.1, -0.05) is 12.1 Å². The first-order chi connectivity index (χ1) is 14.7. The first-order valence-electron chi connectivity index (χ1n) is 9.08. The van der Waals surface area contributed by atoms with Gasteiger partial charge in [-0.05, 0) is 12.1 Å². The van der Waals surface area contributed by atoms with E-state index in [0.717, 1.165) is 10.4 Å². The zero-order valence-corrected chi connectivity index (χ0v) is 16.9. The van der Waals surface area contributed by atoms with Gasteiger partial charge in [-0.2, -0.15) is 4.31 Å². The van der Waals surface area contributed by atoms with Crippen molar-refractivity contribution in [2.45, 2.75) is 4.90 Å². The molecule has 0 atom stereocenters. The largest absolute Gasteiger partial charge is 0.484 e. The SMILES string of the molecule is O=C(COc1cccc([N+](=O)[O-])c1)N1CCN(S(=O)(=O)c2cccc([N+](=O)[O-])c2)CC1. The molecule has 1 aliphatic rings. The summed E-state index contributed by atoms with van der Waals surface area (Å²) in [5.41, 5.74) is -0.488. The molecule has 12 nitrogen and oxygen atoms in total. The monoisotopic (exact) mass is 450 g/mol. The fourth-order valence-corrected chi connectivity index (χ4v) is 4.47. The summed E-state index contributed by atoms with van der Waals surface area (Å²) in [5.74, 6) is -0.215. The van der Waals surface area contributed by atoms with Gasteiger partial charge in [0.1, 0.15) is 5.75 Å². The summed E-state index contributed by atoms with van der Waals surface area (Å²) in [4.78, 5) is 34.1. The molecule has 1 saturated heterocycles. The summed E-state index contributed by atoms with van der Waals surface area (Å²) < 4.78 is 32.0. The predicted octanol–water partition coefficient (Wildman–Crippen LogP) is 1.41. The van der Waals surface area contributed by atoms with Gasteiger partial charge in [-0.25, -0.2) is 8.42 Å². The van der Waals surface area contributed by atoms with Crippen molar-refractivity contribution in [3.05, 3.63) is 68.8 Å². The molecule has 0 spiro atoms. The fraction of sp³-hybridized carbons (Fsp3) is 0.278. The van der Waals surface area contributed by atoms with E-state index in [0.29, 0.717) is 0 Å². The minimum atomic E-state index is -3.94. The van der Waals surface area contributed by atoms with E-state index < -0.39 is 19.9 Å². The topological polar surface area (TPSA) is 153 Å². The minimum absolute atomic E-state index is 0.0214. The first kappa shape index (κ1) is 22.1. The molecule has 0 radical (unpaired) electrons. The number of sulfonamides is 1. The van der Waals surface area contributed by atoms with Crippen LogP contribution in [0.2, 0.25) is 0 Å². The second-order valence-electron chi connectivity index (χ2n) is 6.58. The van der Waals surface area contributed by atoms with E-state index in [1.165, 1.54) is 47.4 Å². The molecule has 3 rings (SSSR count). The Balaban J connectivity index is 1.58. The summed E-state index contributed by atoms with van der Waals surface area (Å²) in [6.07, 6.45) is 0. The van der Waals surface area contributed by atoms with Crippen LogP contribution < -0.4 is 4.74 Å². The van der Waals surface area contributed by atoms with Crippen LogP contribution in [0.5, 0.6) is 5.75 Å². The number of nitrogens with zero attached hydrogens (tertiary/aromatic N) is 4. The van der Waals surface area contributed by atoms with E-state index in [-0.39, 0.29) is 60.7 Å². The Morgan fingerprint density at radius 1 is 0.935 bits per heavy atom. The number of carbonyl (C=O) groups is 1. The van der Waals surface area contributed by atoms with Crippen LogP contribution in [-0.2, 0) is 14.8 Å². The molecule has 0 unspecified atom stereocenters. The number of nitro groups is 2. The Kier molecular flexibility index (Phi) is 6.46. The van der Waals surface area contributed by atoms with Crippen LogP contribution in [0, 0.1) is 20.2 Å². The van der Waals surface area contributed by atoms with Crippen LogP contribution in [0.25, 0.3) is 0 Å². The summed E-state index contributed by atoms with van der Waals surface area (Å²) in [6, 6.07) is 10.2. The fourth-order valence-electron chi connectivity index (χ4n) is 3.01. The van der Waals surface area contributed by atoms with Gasteiger partial charge in [0.25, 0.3) is 17.3 Å². The third kappa shape index (κ3) is 5.13. The standard InChI is InChI=1S/C18H18N4O8S/c23-18(13-30-16-5-1-3-14(11-16)21(24)25)19-7-9-20(10-8-19)31(28,29)17-6-2-4-15(12-17)22(26)27/h1-6,11-12H,7-10,13H2. The van der Waals surface area contributed by atoms with Crippen molar-refractivity contribution < 1.29 is 27.8 Å². The minimum Gasteiger partial charge on any atom is -0.484 e. The van der Waals surface area contributed by atoms with Crippen molar-refractivity contribution in [3.63, 3.8) is 0 Å². The lowest BCUT2D eigenvalue weighted by Gasteiger charge is -2.33. The smallest absolute Gasteiger partial charge is 0.273 e. The molecule has 31 heavy (non-hydrogen) atoms. The molecule has 13 heteroatoms. The molecule has 0 N–H and O–H groups in total. The van der Waals surface area contributed by atoms with E-state index in [2.05, 4.69) is 0 Å². The van der Waals surface area contributed by atoms with Gasteiger partial charge in [-0.3, -0.25) is 25.0 Å². The number of rotatable bonds is 7. The average molecular weight is 450 g/mol. The zero-order valence-electron chi connectivity index (χ0n) is 16.1. The highest BCUT2D eigenvalue weighted by Crippen LogP contribution is 2.22. The normalized spacial score (nSPS) is 14.8. The van der Waals surface area contributed by atoms with E-state index in [9.17, 15) is 33.4 Å². The molecule has 0 saturated carbocycles. The van der Waals surface area contributed by atoms with Gasteiger partial charge in [-0.15, -0.1) is 0 Å². The maximum atomic E-state index is 12.8. The number of benzene rings is 2. The molecule has 1 fully saturated rings. The molecule has 1 aliphatic heterocycles. The van der Waals surface area contributed by atoms with Crippen LogP contribution in [0.15, 0.2) is 53.4 Å². The second-order valence-corrected chi connectivity index (χ2v) is 8.52. The van der Waals surface area contributed by atoms with E-state index in [4.69, 9.17) is 4.74 Å². The van der Waals surface area contributed by atoms with Crippen molar-refractivity contribution in [3.8, 4) is 5.75 Å². The Bertz CT molecular complexity index is 1110.